The first-order valence-electron chi connectivity index (χ1n) is 4.09. The summed E-state index contributed by atoms with van der Waals surface area (Å²) in [5.41, 5.74) is 0.160. The van der Waals surface area contributed by atoms with Crippen LogP contribution in [-0.2, 0) is 11.2 Å². The number of rotatable bonds is 2. The van der Waals surface area contributed by atoms with E-state index >= 15 is 0 Å². The molecule has 1 nitrogen and oxygen atoms in total. The quantitative estimate of drug-likeness (QED) is 0.593. The van der Waals surface area contributed by atoms with Crippen molar-refractivity contribution in [2.45, 2.75) is 39.9 Å². The fraction of sp³-hybridized carbons (Fsp3) is 1.00. The van der Waals surface area contributed by atoms with Crippen LogP contribution in [0, 0.1) is 11.3 Å². The van der Waals surface area contributed by atoms with E-state index in [-0.39, 0.29) is 5.41 Å². The van der Waals surface area contributed by atoms with Crippen LogP contribution >= 0.6 is 0 Å². The molecule has 0 heterocycles. The van der Waals surface area contributed by atoms with Crippen molar-refractivity contribution in [3.05, 3.63) is 0 Å². The Balaban J connectivity index is 4.35. The van der Waals surface area contributed by atoms with Gasteiger partial charge in [-0.1, -0.05) is 45.8 Å². The lowest BCUT2D eigenvalue weighted by molar-refractivity contribution is 0.321. The highest BCUT2D eigenvalue weighted by molar-refractivity contribution is 7.91. The van der Waals surface area contributed by atoms with Crippen LogP contribution in [0.2, 0.25) is 0 Å². The number of hydrogen-bond donors (Lipinski definition) is 0. The molecule has 0 radical (unpaired) electrons. The largest absolute Gasteiger partial charge is 0.616 e. The highest BCUT2D eigenvalue weighted by Crippen LogP contribution is 2.30. The molecule has 11 heavy (non-hydrogen) atoms. The summed E-state index contributed by atoms with van der Waals surface area (Å²) in [6, 6.07) is 0. The van der Waals surface area contributed by atoms with Gasteiger partial charge in [0, 0.05) is 11.3 Å². The molecule has 0 bridgehead atoms. The van der Waals surface area contributed by atoms with Crippen molar-refractivity contribution < 1.29 is 4.55 Å². The zero-order chi connectivity index (χ0) is 9.23. The Bertz CT molecular complexity index is 105. The Morgan fingerprint density at radius 3 is 1.55 bits per heavy atom. The smallest absolute Gasteiger partial charge is 0.122 e. The molecule has 0 rings (SSSR count). The molecule has 2 atom stereocenters. The zero-order valence-corrected chi connectivity index (χ0v) is 9.29. The van der Waals surface area contributed by atoms with Gasteiger partial charge in [-0.3, -0.25) is 0 Å². The molecule has 0 aromatic carbocycles. The molecule has 0 amide bonds. The van der Waals surface area contributed by atoms with Gasteiger partial charge in [0.2, 0.25) is 0 Å². The summed E-state index contributed by atoms with van der Waals surface area (Å²) in [5, 5.41) is 0.308. The molecule has 0 aliphatic heterocycles. The van der Waals surface area contributed by atoms with Crippen molar-refractivity contribution in [3.63, 3.8) is 0 Å². The van der Waals surface area contributed by atoms with Crippen molar-refractivity contribution in [2.24, 2.45) is 11.3 Å². The predicted molar refractivity (Wildman–Crippen MR) is 52.1 cm³/mol. The van der Waals surface area contributed by atoms with Gasteiger partial charge in [0.1, 0.15) is 5.25 Å². The van der Waals surface area contributed by atoms with E-state index in [0.29, 0.717) is 11.2 Å². The average Bonchev–Trinajstić information content (AvgIpc) is 1.54. The van der Waals surface area contributed by atoms with E-state index in [1.807, 2.05) is 0 Å². The summed E-state index contributed by atoms with van der Waals surface area (Å²) < 4.78 is 11.3. The van der Waals surface area contributed by atoms with E-state index < -0.39 is 11.2 Å². The van der Waals surface area contributed by atoms with Crippen molar-refractivity contribution >= 4 is 11.2 Å². The molecule has 0 N–H and O–H groups in total. The molecule has 68 valence electrons. The molecule has 0 aromatic heterocycles. The summed E-state index contributed by atoms with van der Waals surface area (Å²) in [6.07, 6.45) is 1.80. The van der Waals surface area contributed by atoms with Crippen LogP contribution in [0.4, 0.5) is 0 Å². The van der Waals surface area contributed by atoms with Crippen LogP contribution in [0.5, 0.6) is 0 Å². The Morgan fingerprint density at radius 2 is 1.55 bits per heavy atom. The first kappa shape index (κ1) is 11.3. The lowest BCUT2D eigenvalue weighted by Gasteiger charge is -2.33. The molecule has 0 saturated carbocycles. The molecule has 0 aromatic rings. The molecule has 0 fully saturated rings. The third-order valence-corrected chi connectivity index (χ3v) is 3.78. The van der Waals surface area contributed by atoms with E-state index in [0.717, 1.165) is 0 Å². The molecule has 0 spiro atoms. The van der Waals surface area contributed by atoms with Crippen LogP contribution in [0.15, 0.2) is 0 Å². The van der Waals surface area contributed by atoms with Crippen molar-refractivity contribution in [1.29, 1.82) is 0 Å². The van der Waals surface area contributed by atoms with Gasteiger partial charge in [0.05, 0.1) is 6.26 Å². The highest BCUT2D eigenvalue weighted by atomic mass is 32.2. The first-order chi connectivity index (χ1) is 4.76. The van der Waals surface area contributed by atoms with Gasteiger partial charge in [0.15, 0.2) is 0 Å². The van der Waals surface area contributed by atoms with Crippen LogP contribution in [0.3, 0.4) is 0 Å². The summed E-state index contributed by atoms with van der Waals surface area (Å²) >= 11 is -0.703. The Kier molecular flexibility index (Phi) is 3.92. The maximum Gasteiger partial charge on any atom is 0.122 e. The van der Waals surface area contributed by atoms with Gasteiger partial charge in [0.25, 0.3) is 0 Å². The van der Waals surface area contributed by atoms with E-state index in [9.17, 15) is 4.55 Å². The highest BCUT2D eigenvalue weighted by Gasteiger charge is 2.34. The second-order valence-corrected chi connectivity index (χ2v) is 6.03. The Labute approximate surface area is 73.8 Å². The summed E-state index contributed by atoms with van der Waals surface area (Å²) in [4.78, 5) is 0. The summed E-state index contributed by atoms with van der Waals surface area (Å²) in [5.74, 6) is 0.501. The SMILES string of the molecule is CC(C)C([S@@+](C)[O-])C(C)(C)C. The Hall–Kier alpha value is 0.310. The van der Waals surface area contributed by atoms with Gasteiger partial charge in [-0.15, -0.1) is 0 Å². The molecular weight excluding hydrogens is 156 g/mol. The van der Waals surface area contributed by atoms with Crippen molar-refractivity contribution in [3.8, 4) is 0 Å². The number of hydrogen-bond acceptors (Lipinski definition) is 1. The molecule has 0 saturated heterocycles. The van der Waals surface area contributed by atoms with Crippen LogP contribution in [-0.4, -0.2) is 16.1 Å². The monoisotopic (exact) mass is 176 g/mol. The van der Waals surface area contributed by atoms with Crippen molar-refractivity contribution in [1.82, 2.24) is 0 Å². The molecule has 1 unspecified atom stereocenters. The summed E-state index contributed by atoms with van der Waals surface area (Å²) in [6.45, 7) is 10.7. The Morgan fingerprint density at radius 1 is 1.18 bits per heavy atom. The lowest BCUT2D eigenvalue weighted by Crippen LogP contribution is -2.38. The topological polar surface area (TPSA) is 23.1 Å². The minimum absolute atomic E-state index is 0.160. The standard InChI is InChI=1S/C9H20OS/c1-7(2)8(11(6)10)9(3,4)5/h7-8H,1-6H3/t8?,11-/m1/s1. The van der Waals surface area contributed by atoms with E-state index in [1.165, 1.54) is 0 Å². The average molecular weight is 176 g/mol. The second kappa shape index (κ2) is 3.81. The zero-order valence-electron chi connectivity index (χ0n) is 8.47. The van der Waals surface area contributed by atoms with Crippen LogP contribution in [0.1, 0.15) is 34.6 Å². The fourth-order valence-electron chi connectivity index (χ4n) is 1.88. The third kappa shape index (κ3) is 3.48. The van der Waals surface area contributed by atoms with Gasteiger partial charge in [-0.05, 0) is 0 Å². The lowest BCUT2D eigenvalue weighted by atomic mass is 9.85. The minimum atomic E-state index is -0.703. The van der Waals surface area contributed by atoms with Crippen molar-refractivity contribution in [2.75, 3.05) is 6.26 Å². The van der Waals surface area contributed by atoms with E-state index in [2.05, 4.69) is 34.6 Å². The molecule has 0 aliphatic rings. The van der Waals surface area contributed by atoms with Gasteiger partial charge < -0.3 is 4.55 Å². The molecular formula is C9H20OS. The van der Waals surface area contributed by atoms with E-state index in [1.54, 1.807) is 6.26 Å². The minimum Gasteiger partial charge on any atom is -0.616 e. The van der Waals surface area contributed by atoms with Gasteiger partial charge >= 0.3 is 0 Å². The third-order valence-electron chi connectivity index (χ3n) is 1.82. The van der Waals surface area contributed by atoms with E-state index in [4.69, 9.17) is 0 Å². The van der Waals surface area contributed by atoms with Gasteiger partial charge in [-0.25, -0.2) is 0 Å². The summed E-state index contributed by atoms with van der Waals surface area (Å²) in [7, 11) is 0. The predicted octanol–water partition coefficient (Wildman–Crippen LogP) is 2.44. The van der Waals surface area contributed by atoms with Crippen LogP contribution < -0.4 is 0 Å². The maximum absolute atomic E-state index is 11.3. The normalized spacial score (nSPS) is 18.5. The fourth-order valence-corrected chi connectivity index (χ4v) is 3.64. The van der Waals surface area contributed by atoms with Crippen LogP contribution in [0.25, 0.3) is 0 Å². The first-order valence-corrected chi connectivity index (χ1v) is 5.71. The van der Waals surface area contributed by atoms with Gasteiger partial charge in [-0.2, -0.15) is 0 Å². The molecule has 0 aliphatic carbocycles. The molecule has 2 heteroatoms. The maximum atomic E-state index is 11.3. The second-order valence-electron chi connectivity index (χ2n) is 4.53.